The van der Waals surface area contributed by atoms with Crippen LogP contribution in [0.5, 0.6) is 0 Å². The molecule has 2 unspecified atom stereocenters. The lowest BCUT2D eigenvalue weighted by molar-refractivity contribution is 0.374. The van der Waals surface area contributed by atoms with Gasteiger partial charge in [-0.1, -0.05) is 6.92 Å². The molecule has 0 saturated carbocycles. The predicted octanol–water partition coefficient (Wildman–Crippen LogP) is 1.39. The molecule has 1 aliphatic rings. The summed E-state index contributed by atoms with van der Waals surface area (Å²) in [5, 5.41) is 7.79. The number of aryl methyl sites for hydroxylation is 1. The van der Waals surface area contributed by atoms with E-state index in [0.717, 1.165) is 13.1 Å². The van der Waals surface area contributed by atoms with Crippen molar-refractivity contribution in [1.29, 1.82) is 0 Å². The van der Waals surface area contributed by atoms with E-state index >= 15 is 0 Å². The second-order valence-corrected chi connectivity index (χ2v) is 4.69. The summed E-state index contributed by atoms with van der Waals surface area (Å²) in [5.74, 6) is 0. The first-order chi connectivity index (χ1) is 7.70. The van der Waals surface area contributed by atoms with Crippen molar-refractivity contribution in [2.24, 2.45) is 7.05 Å². The van der Waals surface area contributed by atoms with Crippen LogP contribution in [0, 0.1) is 0 Å². The van der Waals surface area contributed by atoms with Crippen molar-refractivity contribution in [1.82, 2.24) is 15.1 Å². The molecule has 1 aromatic rings. The molecule has 2 rings (SSSR count). The number of aromatic nitrogens is 2. The smallest absolute Gasteiger partial charge is 0.0754 e. The van der Waals surface area contributed by atoms with Crippen LogP contribution < -0.4 is 10.2 Å². The molecule has 1 aliphatic heterocycles. The van der Waals surface area contributed by atoms with Crippen LogP contribution in [-0.2, 0) is 7.05 Å². The molecular weight excluding hydrogens is 200 g/mol. The van der Waals surface area contributed by atoms with E-state index in [2.05, 4.69) is 35.4 Å². The van der Waals surface area contributed by atoms with Gasteiger partial charge in [-0.15, -0.1) is 0 Å². The molecule has 4 heteroatoms. The molecule has 0 bridgehead atoms. The Morgan fingerprint density at radius 2 is 2.38 bits per heavy atom. The van der Waals surface area contributed by atoms with E-state index in [1.165, 1.54) is 18.5 Å². The van der Waals surface area contributed by atoms with E-state index in [4.69, 9.17) is 0 Å². The van der Waals surface area contributed by atoms with E-state index in [0.29, 0.717) is 12.1 Å². The second-order valence-electron chi connectivity index (χ2n) is 4.69. The van der Waals surface area contributed by atoms with Gasteiger partial charge in [0.2, 0.25) is 0 Å². The molecule has 2 atom stereocenters. The number of nitrogens with one attached hydrogen (secondary N) is 1. The van der Waals surface area contributed by atoms with Crippen molar-refractivity contribution in [3.8, 4) is 0 Å². The molecule has 90 valence electrons. The molecule has 16 heavy (non-hydrogen) atoms. The highest BCUT2D eigenvalue weighted by atomic mass is 15.3. The molecule has 2 heterocycles. The minimum atomic E-state index is 0.599. The Morgan fingerprint density at radius 1 is 1.56 bits per heavy atom. The summed E-state index contributed by atoms with van der Waals surface area (Å²) in [6.07, 6.45) is 6.52. The standard InChI is InChI=1S/C12H22N4/c1-4-13-11-5-6-16(10(2)7-11)12-8-14-15(3)9-12/h8-11,13H,4-7H2,1-3H3. The minimum Gasteiger partial charge on any atom is -0.366 e. The molecule has 0 amide bonds. The number of anilines is 1. The second kappa shape index (κ2) is 4.87. The van der Waals surface area contributed by atoms with Crippen molar-refractivity contribution in [3.63, 3.8) is 0 Å². The Balaban J connectivity index is 1.99. The Bertz CT molecular complexity index is 334. The van der Waals surface area contributed by atoms with Crippen LogP contribution in [0.25, 0.3) is 0 Å². The summed E-state index contributed by atoms with van der Waals surface area (Å²) in [7, 11) is 1.97. The first-order valence-corrected chi connectivity index (χ1v) is 6.19. The van der Waals surface area contributed by atoms with Gasteiger partial charge in [0, 0.05) is 31.9 Å². The maximum atomic E-state index is 4.24. The van der Waals surface area contributed by atoms with Gasteiger partial charge >= 0.3 is 0 Å². The summed E-state index contributed by atoms with van der Waals surface area (Å²) in [4.78, 5) is 2.46. The molecule has 0 spiro atoms. The molecule has 1 N–H and O–H groups in total. The van der Waals surface area contributed by atoms with Gasteiger partial charge in [-0.2, -0.15) is 5.10 Å². The molecular formula is C12H22N4. The molecule has 0 aromatic carbocycles. The lowest BCUT2D eigenvalue weighted by Gasteiger charge is -2.38. The Hall–Kier alpha value is -1.03. The van der Waals surface area contributed by atoms with E-state index in [-0.39, 0.29) is 0 Å². The largest absolute Gasteiger partial charge is 0.366 e. The lowest BCUT2D eigenvalue weighted by Crippen LogP contribution is -2.47. The third kappa shape index (κ3) is 2.38. The highest BCUT2D eigenvalue weighted by Gasteiger charge is 2.25. The van der Waals surface area contributed by atoms with Crippen molar-refractivity contribution in [3.05, 3.63) is 12.4 Å². The number of hydrogen-bond donors (Lipinski definition) is 1. The maximum Gasteiger partial charge on any atom is 0.0754 e. The van der Waals surface area contributed by atoms with Crippen LogP contribution >= 0.6 is 0 Å². The fourth-order valence-corrected chi connectivity index (χ4v) is 2.59. The predicted molar refractivity (Wildman–Crippen MR) is 66.7 cm³/mol. The monoisotopic (exact) mass is 222 g/mol. The van der Waals surface area contributed by atoms with Crippen LogP contribution in [-0.4, -0.2) is 35.0 Å². The molecule has 0 aliphatic carbocycles. The fraction of sp³-hybridized carbons (Fsp3) is 0.750. The summed E-state index contributed by atoms with van der Waals surface area (Å²) in [5.41, 5.74) is 1.25. The van der Waals surface area contributed by atoms with Crippen molar-refractivity contribution >= 4 is 5.69 Å². The Labute approximate surface area is 97.6 Å². The maximum absolute atomic E-state index is 4.24. The molecule has 4 nitrogen and oxygen atoms in total. The zero-order chi connectivity index (χ0) is 11.5. The van der Waals surface area contributed by atoms with Crippen molar-refractivity contribution in [2.45, 2.75) is 38.8 Å². The van der Waals surface area contributed by atoms with Crippen LogP contribution in [0.1, 0.15) is 26.7 Å². The van der Waals surface area contributed by atoms with Crippen LogP contribution in [0.15, 0.2) is 12.4 Å². The first kappa shape index (κ1) is 11.5. The number of hydrogen-bond acceptors (Lipinski definition) is 3. The summed E-state index contributed by atoms with van der Waals surface area (Å²) in [6.45, 7) is 6.68. The Kier molecular flexibility index (Phi) is 3.49. The van der Waals surface area contributed by atoms with Gasteiger partial charge < -0.3 is 10.2 Å². The van der Waals surface area contributed by atoms with Gasteiger partial charge in [0.25, 0.3) is 0 Å². The summed E-state index contributed by atoms with van der Waals surface area (Å²) >= 11 is 0. The van der Waals surface area contributed by atoms with E-state index in [9.17, 15) is 0 Å². The summed E-state index contributed by atoms with van der Waals surface area (Å²) in [6, 6.07) is 1.29. The van der Waals surface area contributed by atoms with Gasteiger partial charge in [-0.3, -0.25) is 4.68 Å². The van der Waals surface area contributed by atoms with Crippen LogP contribution in [0.2, 0.25) is 0 Å². The van der Waals surface area contributed by atoms with Gasteiger partial charge in [0.05, 0.1) is 11.9 Å². The molecule has 1 fully saturated rings. The highest BCUT2D eigenvalue weighted by Crippen LogP contribution is 2.23. The first-order valence-electron chi connectivity index (χ1n) is 6.19. The van der Waals surface area contributed by atoms with Crippen molar-refractivity contribution in [2.75, 3.05) is 18.0 Å². The number of nitrogens with zero attached hydrogens (tertiary/aromatic N) is 3. The topological polar surface area (TPSA) is 33.1 Å². The average molecular weight is 222 g/mol. The quantitative estimate of drug-likeness (QED) is 0.839. The third-order valence-electron chi connectivity index (χ3n) is 3.39. The minimum absolute atomic E-state index is 0.599. The highest BCUT2D eigenvalue weighted by molar-refractivity contribution is 5.44. The fourth-order valence-electron chi connectivity index (χ4n) is 2.59. The molecule has 1 saturated heterocycles. The zero-order valence-corrected chi connectivity index (χ0v) is 10.5. The van der Waals surface area contributed by atoms with Gasteiger partial charge in [-0.05, 0) is 26.3 Å². The zero-order valence-electron chi connectivity index (χ0n) is 10.5. The van der Waals surface area contributed by atoms with E-state index in [1.54, 1.807) is 0 Å². The number of piperidine rings is 1. The SMILES string of the molecule is CCNC1CCN(c2cnn(C)c2)C(C)C1. The van der Waals surface area contributed by atoms with Gasteiger partial charge in [0.1, 0.15) is 0 Å². The van der Waals surface area contributed by atoms with Gasteiger partial charge in [-0.25, -0.2) is 0 Å². The third-order valence-corrected chi connectivity index (χ3v) is 3.39. The molecule has 1 aromatic heterocycles. The van der Waals surface area contributed by atoms with Crippen LogP contribution in [0.4, 0.5) is 5.69 Å². The normalized spacial score (nSPS) is 26.1. The summed E-state index contributed by atoms with van der Waals surface area (Å²) < 4.78 is 1.87. The molecule has 0 radical (unpaired) electrons. The average Bonchev–Trinajstić information content (AvgIpc) is 2.65. The van der Waals surface area contributed by atoms with E-state index < -0.39 is 0 Å². The Morgan fingerprint density at radius 3 is 2.94 bits per heavy atom. The van der Waals surface area contributed by atoms with Crippen LogP contribution in [0.3, 0.4) is 0 Å². The van der Waals surface area contributed by atoms with E-state index in [1.807, 2.05) is 17.9 Å². The van der Waals surface area contributed by atoms with Crippen molar-refractivity contribution < 1.29 is 0 Å². The van der Waals surface area contributed by atoms with Gasteiger partial charge in [0.15, 0.2) is 0 Å². The number of rotatable bonds is 3. The lowest BCUT2D eigenvalue weighted by atomic mass is 9.98.